The first-order chi connectivity index (χ1) is 15.2. The first-order valence-electron chi connectivity index (χ1n) is 10.2. The summed E-state index contributed by atoms with van der Waals surface area (Å²) in [6.45, 7) is 2.13. The number of methoxy groups -OCH3 is 1. The lowest BCUT2D eigenvalue weighted by Crippen LogP contribution is -2.21. The number of thiazole rings is 1. The van der Waals surface area contributed by atoms with E-state index in [-0.39, 0.29) is 0 Å². The van der Waals surface area contributed by atoms with Crippen LogP contribution in [0.4, 0.5) is 5.69 Å². The van der Waals surface area contributed by atoms with E-state index < -0.39 is 0 Å². The fourth-order valence-electron chi connectivity index (χ4n) is 3.65. The van der Waals surface area contributed by atoms with Gasteiger partial charge < -0.3 is 14.2 Å². The minimum atomic E-state index is 0.633. The third-order valence-corrected chi connectivity index (χ3v) is 6.37. The Kier molecular flexibility index (Phi) is 5.36. The van der Waals surface area contributed by atoms with Crippen LogP contribution in [-0.4, -0.2) is 46.8 Å². The summed E-state index contributed by atoms with van der Waals surface area (Å²) in [5, 5.41) is 0.919. The van der Waals surface area contributed by atoms with Crippen molar-refractivity contribution in [1.82, 2.24) is 19.5 Å². The molecule has 3 aromatic heterocycles. The van der Waals surface area contributed by atoms with E-state index in [0.717, 1.165) is 50.0 Å². The van der Waals surface area contributed by atoms with Gasteiger partial charge in [0, 0.05) is 32.6 Å². The molecule has 5 rings (SSSR count). The summed E-state index contributed by atoms with van der Waals surface area (Å²) < 4.78 is 8.63. The largest absolute Gasteiger partial charge is 0.383 e. The highest BCUT2D eigenvalue weighted by atomic mass is 32.1. The number of pyridine rings is 1. The van der Waals surface area contributed by atoms with E-state index in [1.165, 1.54) is 0 Å². The maximum Gasteiger partial charge on any atom is 0.170 e. The molecule has 0 radical (unpaired) electrons. The molecule has 3 heterocycles. The Morgan fingerprint density at radius 3 is 2.68 bits per heavy atom. The van der Waals surface area contributed by atoms with Crippen LogP contribution in [0.2, 0.25) is 0 Å². The number of fused-ring (bicyclic) bond motifs is 2. The van der Waals surface area contributed by atoms with Crippen LogP contribution in [0, 0.1) is 0 Å². The summed E-state index contributed by atoms with van der Waals surface area (Å²) >= 11 is 1.67. The molecule has 0 spiro atoms. The average Bonchev–Trinajstić information content (AvgIpc) is 3.39. The summed E-state index contributed by atoms with van der Waals surface area (Å²) in [7, 11) is 3.80. The quantitative estimate of drug-likeness (QED) is 0.371. The van der Waals surface area contributed by atoms with Crippen molar-refractivity contribution < 1.29 is 4.74 Å². The van der Waals surface area contributed by atoms with Gasteiger partial charge in [-0.25, -0.2) is 9.97 Å². The normalized spacial score (nSPS) is 11.4. The zero-order chi connectivity index (χ0) is 21.2. The number of nitrogens with zero attached hydrogens (tertiary/aromatic N) is 5. The minimum absolute atomic E-state index is 0.633. The second-order valence-corrected chi connectivity index (χ2v) is 8.45. The predicted octanol–water partition coefficient (Wildman–Crippen LogP) is 4.84. The molecule has 5 aromatic rings. The number of rotatable bonds is 7. The first-order valence-corrected chi connectivity index (χ1v) is 11.0. The molecular weight excluding hydrogens is 406 g/mol. The second kappa shape index (κ2) is 8.45. The van der Waals surface area contributed by atoms with Gasteiger partial charge in [0.1, 0.15) is 0 Å². The maximum absolute atomic E-state index is 5.24. The molecule has 0 aliphatic rings. The third-order valence-electron chi connectivity index (χ3n) is 5.33. The molecule has 2 aromatic carbocycles. The number of aromatic nitrogens is 4. The van der Waals surface area contributed by atoms with Crippen molar-refractivity contribution in [2.24, 2.45) is 0 Å². The highest BCUT2D eigenvalue weighted by molar-refractivity contribution is 7.21. The smallest absolute Gasteiger partial charge is 0.170 e. The number of hydrogen-bond donors (Lipinski definition) is 0. The molecule has 0 fully saturated rings. The summed E-state index contributed by atoms with van der Waals surface area (Å²) in [6, 6.07) is 20.6. The molecule has 0 aliphatic heterocycles. The molecule has 0 unspecified atom stereocenters. The van der Waals surface area contributed by atoms with E-state index in [2.05, 4.69) is 45.8 Å². The van der Waals surface area contributed by atoms with Gasteiger partial charge >= 0.3 is 0 Å². The Labute approximate surface area is 184 Å². The van der Waals surface area contributed by atoms with Gasteiger partial charge in [0.05, 0.1) is 40.1 Å². The standard InChI is InChI=1S/C24H23N5OS/c1-28(13-14-30-2)18-10-11-19-21(15-18)29(16-17-7-5-6-12-25-17)23(26-19)24-27-20-8-3-4-9-22(20)31-24/h3-12,15H,13-14,16H2,1-2H3. The molecule has 0 atom stereocenters. The van der Waals surface area contributed by atoms with Crippen LogP contribution in [0.25, 0.3) is 32.1 Å². The molecule has 31 heavy (non-hydrogen) atoms. The van der Waals surface area contributed by atoms with Crippen LogP contribution in [0.15, 0.2) is 66.9 Å². The lowest BCUT2D eigenvalue weighted by molar-refractivity contribution is 0.206. The molecule has 6 nitrogen and oxygen atoms in total. The van der Waals surface area contributed by atoms with Gasteiger partial charge in [-0.2, -0.15) is 0 Å². The van der Waals surface area contributed by atoms with Crippen molar-refractivity contribution in [1.29, 1.82) is 0 Å². The summed E-state index contributed by atoms with van der Waals surface area (Å²) in [5.41, 5.74) is 5.14. The number of benzene rings is 2. The predicted molar refractivity (Wildman–Crippen MR) is 127 cm³/mol. The van der Waals surface area contributed by atoms with Crippen LogP contribution in [0.1, 0.15) is 5.69 Å². The zero-order valence-corrected chi connectivity index (χ0v) is 18.3. The Morgan fingerprint density at radius 2 is 1.87 bits per heavy atom. The summed E-state index contributed by atoms with van der Waals surface area (Å²) in [6.07, 6.45) is 1.83. The molecule has 0 amide bonds. The van der Waals surface area contributed by atoms with E-state index in [0.29, 0.717) is 13.2 Å². The van der Waals surface area contributed by atoms with E-state index in [1.807, 2.05) is 42.6 Å². The van der Waals surface area contributed by atoms with Gasteiger partial charge in [-0.1, -0.05) is 18.2 Å². The molecule has 0 saturated carbocycles. The Balaban J connectivity index is 1.65. The molecule has 0 N–H and O–H groups in total. The number of para-hydroxylation sites is 1. The van der Waals surface area contributed by atoms with Crippen LogP contribution in [0.5, 0.6) is 0 Å². The Morgan fingerprint density at radius 1 is 1.00 bits per heavy atom. The monoisotopic (exact) mass is 429 g/mol. The first kappa shape index (κ1) is 19.7. The SMILES string of the molecule is COCCN(C)c1ccc2nc(-c3nc4ccccc4s3)n(Cc3ccccn3)c2c1. The van der Waals surface area contributed by atoms with Gasteiger partial charge in [0.25, 0.3) is 0 Å². The van der Waals surface area contributed by atoms with Gasteiger partial charge in [-0.15, -0.1) is 11.3 Å². The zero-order valence-electron chi connectivity index (χ0n) is 17.5. The average molecular weight is 430 g/mol. The summed E-state index contributed by atoms with van der Waals surface area (Å²) in [4.78, 5) is 16.6. The molecule has 0 saturated heterocycles. The topological polar surface area (TPSA) is 56.1 Å². The van der Waals surface area contributed by atoms with Gasteiger partial charge in [-0.3, -0.25) is 4.98 Å². The fraction of sp³-hybridized carbons (Fsp3) is 0.208. The van der Waals surface area contributed by atoms with Gasteiger partial charge in [0.15, 0.2) is 10.8 Å². The molecule has 7 heteroatoms. The molecule has 0 bridgehead atoms. The Bertz CT molecular complexity index is 1300. The lowest BCUT2D eigenvalue weighted by atomic mass is 10.2. The Hall–Kier alpha value is -3.29. The molecular formula is C24H23N5OS. The lowest BCUT2D eigenvalue weighted by Gasteiger charge is -2.19. The van der Waals surface area contributed by atoms with Crippen LogP contribution in [0.3, 0.4) is 0 Å². The van der Waals surface area contributed by atoms with Crippen LogP contribution in [-0.2, 0) is 11.3 Å². The molecule has 0 aliphatic carbocycles. The van der Waals surface area contributed by atoms with Crippen molar-refractivity contribution in [2.75, 3.05) is 32.2 Å². The van der Waals surface area contributed by atoms with Crippen molar-refractivity contribution in [3.05, 3.63) is 72.6 Å². The van der Waals surface area contributed by atoms with Crippen LogP contribution < -0.4 is 4.90 Å². The number of ether oxygens (including phenoxy) is 1. The third kappa shape index (κ3) is 3.89. The minimum Gasteiger partial charge on any atom is -0.383 e. The van der Waals surface area contributed by atoms with Crippen molar-refractivity contribution in [3.8, 4) is 10.8 Å². The number of likely N-dealkylation sites (N-methyl/N-ethyl adjacent to an activating group) is 1. The molecule has 156 valence electrons. The van der Waals surface area contributed by atoms with Crippen molar-refractivity contribution in [3.63, 3.8) is 0 Å². The highest BCUT2D eigenvalue weighted by Gasteiger charge is 2.18. The van der Waals surface area contributed by atoms with Crippen molar-refractivity contribution in [2.45, 2.75) is 6.54 Å². The van der Waals surface area contributed by atoms with Crippen LogP contribution >= 0.6 is 11.3 Å². The van der Waals surface area contributed by atoms with E-state index >= 15 is 0 Å². The number of anilines is 1. The number of imidazole rings is 1. The highest BCUT2D eigenvalue weighted by Crippen LogP contribution is 2.33. The van der Waals surface area contributed by atoms with E-state index in [9.17, 15) is 0 Å². The van der Waals surface area contributed by atoms with Gasteiger partial charge in [-0.05, 0) is 42.5 Å². The second-order valence-electron chi connectivity index (χ2n) is 7.42. The maximum atomic E-state index is 5.24. The fourth-order valence-corrected chi connectivity index (χ4v) is 4.61. The summed E-state index contributed by atoms with van der Waals surface area (Å²) in [5.74, 6) is 0.874. The van der Waals surface area contributed by atoms with Crippen molar-refractivity contribution >= 4 is 38.3 Å². The van der Waals surface area contributed by atoms with E-state index in [4.69, 9.17) is 14.7 Å². The number of hydrogen-bond acceptors (Lipinski definition) is 6. The van der Waals surface area contributed by atoms with Gasteiger partial charge in [0.2, 0.25) is 0 Å². The van der Waals surface area contributed by atoms with E-state index in [1.54, 1.807) is 18.4 Å².